The number of nitrogens with zero attached hydrogens (tertiary/aromatic N) is 1. The molecular formula is C15H12BrNOS. The maximum absolute atomic E-state index is 12.1. The summed E-state index contributed by atoms with van der Waals surface area (Å²) in [7, 11) is 0. The average Bonchev–Trinajstić information content (AvgIpc) is 2.83. The molecule has 0 radical (unpaired) electrons. The monoisotopic (exact) mass is 333 g/mol. The molecule has 1 aliphatic rings. The molecule has 2 aromatic rings. The predicted molar refractivity (Wildman–Crippen MR) is 83.3 cm³/mol. The Balaban J connectivity index is 1.97. The van der Waals surface area contributed by atoms with Gasteiger partial charge in [-0.3, -0.25) is 9.69 Å². The van der Waals surface area contributed by atoms with Gasteiger partial charge in [0.1, 0.15) is 5.37 Å². The Labute approximate surface area is 124 Å². The van der Waals surface area contributed by atoms with Crippen LogP contribution in [0.2, 0.25) is 0 Å². The fraction of sp³-hybridized carbons (Fsp3) is 0.133. The Morgan fingerprint density at radius 1 is 1.05 bits per heavy atom. The second-order valence-electron chi connectivity index (χ2n) is 4.31. The average molecular weight is 334 g/mol. The third kappa shape index (κ3) is 2.55. The van der Waals surface area contributed by atoms with Gasteiger partial charge in [-0.05, 0) is 29.8 Å². The highest BCUT2D eigenvalue weighted by atomic mass is 79.9. The summed E-state index contributed by atoms with van der Waals surface area (Å²) in [5.41, 5.74) is 2.12. The molecule has 0 aliphatic carbocycles. The SMILES string of the molecule is O=C1CS[C@@H](c2ccccc2)N1c1ccc(Br)cc1. The lowest BCUT2D eigenvalue weighted by molar-refractivity contribution is -0.115. The normalized spacial score (nSPS) is 18.9. The van der Waals surface area contributed by atoms with E-state index in [1.54, 1.807) is 11.8 Å². The van der Waals surface area contributed by atoms with Gasteiger partial charge in [0.05, 0.1) is 5.75 Å². The highest BCUT2D eigenvalue weighted by Gasteiger charge is 2.33. The van der Waals surface area contributed by atoms with E-state index in [1.165, 1.54) is 5.56 Å². The highest BCUT2D eigenvalue weighted by Crippen LogP contribution is 2.41. The van der Waals surface area contributed by atoms with E-state index in [4.69, 9.17) is 0 Å². The van der Waals surface area contributed by atoms with E-state index >= 15 is 0 Å². The van der Waals surface area contributed by atoms with Crippen molar-refractivity contribution in [3.05, 3.63) is 64.6 Å². The zero-order chi connectivity index (χ0) is 13.2. The van der Waals surface area contributed by atoms with Gasteiger partial charge in [-0.25, -0.2) is 0 Å². The van der Waals surface area contributed by atoms with Gasteiger partial charge in [-0.2, -0.15) is 0 Å². The van der Waals surface area contributed by atoms with Crippen molar-refractivity contribution in [2.75, 3.05) is 10.7 Å². The Morgan fingerprint density at radius 2 is 1.74 bits per heavy atom. The standard InChI is InChI=1S/C15H12BrNOS/c16-12-6-8-13(9-7-12)17-14(18)10-19-15(17)11-4-2-1-3-5-11/h1-9,15H,10H2/t15-/m0/s1. The summed E-state index contributed by atoms with van der Waals surface area (Å²) in [5.74, 6) is 0.705. The number of hydrogen-bond donors (Lipinski definition) is 0. The molecule has 2 nitrogen and oxygen atoms in total. The summed E-state index contributed by atoms with van der Waals surface area (Å²) in [6, 6.07) is 18.0. The van der Waals surface area contributed by atoms with Gasteiger partial charge in [0.25, 0.3) is 0 Å². The van der Waals surface area contributed by atoms with Gasteiger partial charge in [-0.15, -0.1) is 11.8 Å². The van der Waals surface area contributed by atoms with E-state index in [0.29, 0.717) is 5.75 Å². The van der Waals surface area contributed by atoms with Gasteiger partial charge in [0.15, 0.2) is 0 Å². The Morgan fingerprint density at radius 3 is 2.42 bits per heavy atom. The lowest BCUT2D eigenvalue weighted by Crippen LogP contribution is -2.27. The van der Waals surface area contributed by atoms with Crippen LogP contribution in [0.15, 0.2) is 59.1 Å². The van der Waals surface area contributed by atoms with Gasteiger partial charge in [0.2, 0.25) is 5.91 Å². The van der Waals surface area contributed by atoms with Crippen molar-refractivity contribution >= 4 is 39.3 Å². The summed E-state index contributed by atoms with van der Waals surface area (Å²) >= 11 is 5.10. The lowest BCUT2D eigenvalue weighted by Gasteiger charge is -2.24. The van der Waals surface area contributed by atoms with E-state index in [1.807, 2.05) is 47.4 Å². The molecule has 0 saturated carbocycles. The number of thioether (sulfide) groups is 1. The molecule has 2 aromatic carbocycles. The van der Waals surface area contributed by atoms with Crippen molar-refractivity contribution in [2.45, 2.75) is 5.37 Å². The topological polar surface area (TPSA) is 20.3 Å². The molecule has 0 unspecified atom stereocenters. The number of carbonyl (C=O) groups excluding carboxylic acids is 1. The molecule has 19 heavy (non-hydrogen) atoms. The molecule has 1 atom stereocenters. The molecule has 96 valence electrons. The van der Waals surface area contributed by atoms with Crippen molar-refractivity contribution in [1.82, 2.24) is 0 Å². The van der Waals surface area contributed by atoms with Crippen LogP contribution >= 0.6 is 27.7 Å². The number of carbonyl (C=O) groups is 1. The van der Waals surface area contributed by atoms with Gasteiger partial charge in [0, 0.05) is 10.2 Å². The van der Waals surface area contributed by atoms with E-state index in [9.17, 15) is 4.79 Å². The van der Waals surface area contributed by atoms with Crippen LogP contribution in [0.3, 0.4) is 0 Å². The van der Waals surface area contributed by atoms with Crippen molar-refractivity contribution < 1.29 is 4.79 Å². The molecule has 4 heteroatoms. The number of halogens is 1. The summed E-state index contributed by atoms with van der Waals surface area (Å²) in [6.45, 7) is 0. The molecular weight excluding hydrogens is 322 g/mol. The maximum atomic E-state index is 12.1. The molecule has 3 rings (SSSR count). The third-order valence-corrected chi connectivity index (χ3v) is 4.80. The summed E-state index contributed by atoms with van der Waals surface area (Å²) < 4.78 is 1.02. The molecule has 0 spiro atoms. The van der Waals surface area contributed by atoms with E-state index in [2.05, 4.69) is 28.1 Å². The molecule has 0 bridgehead atoms. The minimum atomic E-state index is 0.0786. The Kier molecular flexibility index (Phi) is 3.62. The van der Waals surface area contributed by atoms with Crippen LogP contribution < -0.4 is 4.90 Å². The molecule has 1 fully saturated rings. The first-order valence-corrected chi connectivity index (χ1v) is 7.84. The quantitative estimate of drug-likeness (QED) is 0.819. The van der Waals surface area contributed by atoms with Crippen LogP contribution in [-0.4, -0.2) is 11.7 Å². The number of anilines is 1. The van der Waals surface area contributed by atoms with Gasteiger partial charge < -0.3 is 0 Å². The molecule has 0 aromatic heterocycles. The van der Waals surface area contributed by atoms with E-state index in [-0.39, 0.29) is 11.3 Å². The molecule has 1 amide bonds. The van der Waals surface area contributed by atoms with Crippen LogP contribution in [0.25, 0.3) is 0 Å². The van der Waals surface area contributed by atoms with E-state index in [0.717, 1.165) is 10.2 Å². The lowest BCUT2D eigenvalue weighted by atomic mass is 10.2. The summed E-state index contributed by atoms with van der Waals surface area (Å²) in [5, 5.41) is 0.0786. The first-order valence-electron chi connectivity index (χ1n) is 6.00. The predicted octanol–water partition coefficient (Wildman–Crippen LogP) is 4.23. The smallest absolute Gasteiger partial charge is 0.238 e. The van der Waals surface area contributed by atoms with Crippen molar-refractivity contribution in [1.29, 1.82) is 0 Å². The Bertz CT molecular complexity index is 585. The minimum Gasteiger partial charge on any atom is -0.295 e. The zero-order valence-electron chi connectivity index (χ0n) is 10.1. The summed E-state index contributed by atoms with van der Waals surface area (Å²) in [6.07, 6.45) is 0. The second-order valence-corrected chi connectivity index (χ2v) is 6.30. The number of hydrogen-bond acceptors (Lipinski definition) is 2. The molecule has 1 heterocycles. The fourth-order valence-electron chi connectivity index (χ4n) is 2.17. The van der Waals surface area contributed by atoms with Gasteiger partial charge >= 0.3 is 0 Å². The van der Waals surface area contributed by atoms with Crippen LogP contribution in [0.1, 0.15) is 10.9 Å². The Hall–Kier alpha value is -1.26. The van der Waals surface area contributed by atoms with Crippen molar-refractivity contribution in [2.24, 2.45) is 0 Å². The molecule has 1 saturated heterocycles. The zero-order valence-corrected chi connectivity index (χ0v) is 12.5. The minimum absolute atomic E-state index is 0.0786. The number of rotatable bonds is 2. The maximum Gasteiger partial charge on any atom is 0.238 e. The largest absolute Gasteiger partial charge is 0.295 e. The van der Waals surface area contributed by atoms with E-state index < -0.39 is 0 Å². The second kappa shape index (κ2) is 5.39. The van der Waals surface area contributed by atoms with Gasteiger partial charge in [-0.1, -0.05) is 46.3 Å². The van der Waals surface area contributed by atoms with Crippen LogP contribution in [0.4, 0.5) is 5.69 Å². The van der Waals surface area contributed by atoms with Crippen molar-refractivity contribution in [3.8, 4) is 0 Å². The fourth-order valence-corrected chi connectivity index (χ4v) is 3.61. The number of benzene rings is 2. The molecule has 1 aliphatic heterocycles. The summed E-state index contributed by atoms with van der Waals surface area (Å²) in [4.78, 5) is 14.0. The number of amides is 1. The first-order chi connectivity index (χ1) is 9.25. The third-order valence-electron chi connectivity index (χ3n) is 3.06. The highest BCUT2D eigenvalue weighted by molar-refractivity contribution is 9.10. The van der Waals surface area contributed by atoms with Crippen LogP contribution in [-0.2, 0) is 4.79 Å². The molecule has 0 N–H and O–H groups in total. The van der Waals surface area contributed by atoms with Crippen LogP contribution in [0.5, 0.6) is 0 Å². The van der Waals surface area contributed by atoms with Crippen molar-refractivity contribution in [3.63, 3.8) is 0 Å². The first kappa shape index (κ1) is 12.8. The van der Waals surface area contributed by atoms with Crippen LogP contribution in [0, 0.1) is 0 Å².